The summed E-state index contributed by atoms with van der Waals surface area (Å²) in [6, 6.07) is 9.12. The summed E-state index contributed by atoms with van der Waals surface area (Å²) in [5.41, 5.74) is 3.16. The first-order chi connectivity index (χ1) is 8.74. The van der Waals surface area contributed by atoms with Gasteiger partial charge in [-0.25, -0.2) is 0 Å². The molecule has 99 valence electrons. The van der Waals surface area contributed by atoms with Gasteiger partial charge in [0.25, 0.3) is 0 Å². The average molecular weight is 340 g/mol. The van der Waals surface area contributed by atoms with Gasteiger partial charge in [0, 0.05) is 0 Å². The Morgan fingerprint density at radius 3 is 2.28 bits per heavy atom. The van der Waals surface area contributed by atoms with Crippen molar-refractivity contribution in [2.75, 3.05) is 11.5 Å². The van der Waals surface area contributed by atoms with Crippen molar-refractivity contribution in [2.24, 2.45) is 0 Å². The third-order valence-electron chi connectivity index (χ3n) is 3.72. The topological polar surface area (TPSA) is 0 Å². The van der Waals surface area contributed by atoms with Crippen LogP contribution in [-0.2, 0) is 2.91 Å². The van der Waals surface area contributed by atoms with Gasteiger partial charge < -0.3 is 0 Å². The first kappa shape index (κ1) is 14.9. The van der Waals surface area contributed by atoms with Crippen LogP contribution in [0.4, 0.5) is 0 Å². The van der Waals surface area contributed by atoms with Gasteiger partial charge in [0.2, 0.25) is 0 Å². The molecule has 1 heterocycles. The summed E-state index contributed by atoms with van der Waals surface area (Å²) in [6.45, 7) is 7.15. The van der Waals surface area contributed by atoms with Gasteiger partial charge in [-0.3, -0.25) is 0 Å². The molecule has 0 atom stereocenters. The van der Waals surface area contributed by atoms with E-state index in [0.29, 0.717) is 2.91 Å². The Morgan fingerprint density at radius 1 is 1.11 bits per heavy atom. The van der Waals surface area contributed by atoms with Crippen molar-refractivity contribution >= 4 is 37.9 Å². The van der Waals surface area contributed by atoms with Gasteiger partial charge in [-0.05, 0) is 0 Å². The van der Waals surface area contributed by atoms with Gasteiger partial charge >= 0.3 is 125 Å². The second kappa shape index (κ2) is 6.76. The Morgan fingerprint density at radius 2 is 1.72 bits per heavy atom. The minimum atomic E-state index is -1.04. The summed E-state index contributed by atoms with van der Waals surface area (Å²) in [6.07, 6.45) is 1.39. The number of hydrogen-bond donors (Lipinski definition) is 0. The van der Waals surface area contributed by atoms with E-state index < -0.39 is 14.3 Å². The molecule has 1 aromatic carbocycles. The van der Waals surface area contributed by atoms with Crippen LogP contribution in [0.25, 0.3) is 0 Å². The molecule has 18 heavy (non-hydrogen) atoms. The maximum atomic E-state index is 2.43. The Kier molecular flexibility index (Phi) is 5.58. The second-order valence-corrected chi connectivity index (χ2v) is 16.3. The number of hydrogen-bond acceptors (Lipinski definition) is 2. The summed E-state index contributed by atoms with van der Waals surface area (Å²) in [5.74, 6) is 2.72. The predicted molar refractivity (Wildman–Crippen MR) is 89.1 cm³/mol. The standard InChI is InChI=1S/C15H23GeS2/c1-4-16(5-2)15(17-11-8-12-18-15)14-10-7-6-9-13(14)3/h6-7,9-10H,4-5,8,11-12H2,1-3H3. The van der Waals surface area contributed by atoms with Crippen LogP contribution in [0, 0.1) is 6.92 Å². The summed E-state index contributed by atoms with van der Waals surface area (Å²) >= 11 is 3.50. The summed E-state index contributed by atoms with van der Waals surface area (Å²) in [5, 5.41) is 2.90. The third kappa shape index (κ3) is 2.80. The Labute approximate surface area is 125 Å². The predicted octanol–water partition coefficient (Wildman–Crippen LogP) is 5.09. The zero-order chi connectivity index (χ0) is 13.0. The monoisotopic (exact) mass is 341 g/mol. The van der Waals surface area contributed by atoms with Crippen molar-refractivity contribution in [3.63, 3.8) is 0 Å². The van der Waals surface area contributed by atoms with Crippen molar-refractivity contribution in [3.8, 4) is 0 Å². The number of benzene rings is 1. The number of aryl methyl sites for hydroxylation is 1. The van der Waals surface area contributed by atoms with Crippen molar-refractivity contribution in [3.05, 3.63) is 35.4 Å². The molecule has 1 fully saturated rings. The molecule has 0 unspecified atom stereocenters. The molecule has 0 saturated carbocycles. The maximum absolute atomic E-state index is 2.43. The molecule has 0 aromatic heterocycles. The van der Waals surface area contributed by atoms with E-state index in [1.54, 1.807) is 5.56 Å². The molecule has 1 aliphatic heterocycles. The fourth-order valence-electron chi connectivity index (χ4n) is 2.74. The molecule has 3 heteroatoms. The molecule has 0 amide bonds. The second-order valence-electron chi connectivity index (χ2n) is 4.79. The van der Waals surface area contributed by atoms with E-state index in [9.17, 15) is 0 Å². The van der Waals surface area contributed by atoms with Crippen molar-refractivity contribution in [2.45, 2.75) is 40.6 Å². The third-order valence-corrected chi connectivity index (χ3v) is 17.6. The van der Waals surface area contributed by atoms with E-state index in [4.69, 9.17) is 0 Å². The van der Waals surface area contributed by atoms with Crippen LogP contribution >= 0.6 is 23.5 Å². The molecule has 2 rings (SSSR count). The van der Waals surface area contributed by atoms with Crippen LogP contribution in [0.15, 0.2) is 24.3 Å². The Balaban J connectivity index is 2.44. The van der Waals surface area contributed by atoms with E-state index >= 15 is 0 Å². The average Bonchev–Trinajstić information content (AvgIpc) is 2.41. The van der Waals surface area contributed by atoms with Gasteiger partial charge in [0.1, 0.15) is 0 Å². The van der Waals surface area contributed by atoms with Crippen LogP contribution in [-0.4, -0.2) is 25.9 Å². The zero-order valence-corrected chi connectivity index (χ0v) is 15.4. The molecule has 0 aliphatic carbocycles. The van der Waals surface area contributed by atoms with Crippen molar-refractivity contribution < 1.29 is 0 Å². The summed E-state index contributed by atoms with van der Waals surface area (Å²) < 4.78 is 0.479. The van der Waals surface area contributed by atoms with Crippen LogP contribution in [0.2, 0.25) is 10.5 Å². The molecule has 1 saturated heterocycles. The quantitative estimate of drug-likeness (QED) is 0.700. The molecule has 1 radical (unpaired) electrons. The SMILES string of the molecule is C[CH2][Ge]([CH2]C)[C]1(c2ccccc2C)SCCCS1. The Hall–Kier alpha value is 0.463. The molecule has 1 aromatic rings. The number of thioether (sulfide) groups is 2. The molecular weight excluding hydrogens is 317 g/mol. The van der Waals surface area contributed by atoms with E-state index in [2.05, 4.69) is 68.6 Å². The van der Waals surface area contributed by atoms with Gasteiger partial charge in [-0.2, -0.15) is 0 Å². The van der Waals surface area contributed by atoms with E-state index in [1.807, 2.05) is 0 Å². The van der Waals surface area contributed by atoms with E-state index in [1.165, 1.54) is 34.0 Å². The van der Waals surface area contributed by atoms with Crippen LogP contribution in [0.1, 0.15) is 31.4 Å². The molecule has 0 N–H and O–H groups in total. The van der Waals surface area contributed by atoms with E-state index in [-0.39, 0.29) is 0 Å². The van der Waals surface area contributed by atoms with Crippen LogP contribution < -0.4 is 0 Å². The van der Waals surface area contributed by atoms with E-state index in [0.717, 1.165) is 0 Å². The molecule has 0 spiro atoms. The fraction of sp³-hybridized carbons (Fsp3) is 0.600. The van der Waals surface area contributed by atoms with Gasteiger partial charge in [-0.15, -0.1) is 0 Å². The normalized spacial score (nSPS) is 19.1. The van der Waals surface area contributed by atoms with Gasteiger partial charge in [0.05, 0.1) is 0 Å². The first-order valence-corrected chi connectivity index (χ1v) is 12.9. The molecule has 0 nitrogen and oxygen atoms in total. The van der Waals surface area contributed by atoms with Crippen molar-refractivity contribution in [1.82, 2.24) is 0 Å². The molecule has 0 bridgehead atoms. The van der Waals surface area contributed by atoms with Crippen LogP contribution in [0.5, 0.6) is 0 Å². The molecule has 1 aliphatic rings. The Bertz CT molecular complexity index is 382. The molecular formula is C15H23GeS2. The fourth-order valence-corrected chi connectivity index (χ4v) is 17.3. The number of rotatable bonds is 4. The summed E-state index contributed by atoms with van der Waals surface area (Å²) in [4.78, 5) is 0. The van der Waals surface area contributed by atoms with Crippen molar-refractivity contribution in [1.29, 1.82) is 0 Å². The van der Waals surface area contributed by atoms with Crippen LogP contribution in [0.3, 0.4) is 0 Å². The van der Waals surface area contributed by atoms with Gasteiger partial charge in [0.15, 0.2) is 0 Å². The zero-order valence-electron chi connectivity index (χ0n) is 11.7. The minimum absolute atomic E-state index is 0.479. The van der Waals surface area contributed by atoms with Gasteiger partial charge in [-0.1, -0.05) is 0 Å². The first-order valence-electron chi connectivity index (χ1n) is 6.93. The summed E-state index contributed by atoms with van der Waals surface area (Å²) in [7, 11) is 0.